The fraction of sp³-hybridized carbons (Fsp3) is 0.739. The quantitative estimate of drug-likeness (QED) is 0.554. The van der Waals surface area contributed by atoms with Gasteiger partial charge in [-0.2, -0.15) is 0 Å². The van der Waals surface area contributed by atoms with Gasteiger partial charge in [0.15, 0.2) is 0 Å². The van der Waals surface area contributed by atoms with Gasteiger partial charge in [-0.3, -0.25) is 0 Å². The van der Waals surface area contributed by atoms with Crippen LogP contribution in [-0.4, -0.2) is 0 Å². The summed E-state index contributed by atoms with van der Waals surface area (Å²) in [5.41, 5.74) is 5.00. The van der Waals surface area contributed by atoms with Crippen LogP contribution in [-0.2, 0) is 12.8 Å². The summed E-state index contributed by atoms with van der Waals surface area (Å²) >= 11 is 0. The molecule has 0 aromatic heterocycles. The van der Waals surface area contributed by atoms with Gasteiger partial charge in [-0.1, -0.05) is 51.8 Å². The van der Waals surface area contributed by atoms with Crippen LogP contribution in [0.2, 0.25) is 0 Å². The minimum Gasteiger partial charge on any atom is -0.0651 e. The summed E-state index contributed by atoms with van der Waals surface area (Å²) in [5, 5.41) is 0. The molecular formula is C23H36. The van der Waals surface area contributed by atoms with Crippen molar-refractivity contribution in [2.24, 2.45) is 17.8 Å². The van der Waals surface area contributed by atoms with E-state index in [1.807, 2.05) is 0 Å². The Kier molecular flexibility index (Phi) is 5.83. The molecule has 2 aliphatic rings. The fourth-order valence-electron chi connectivity index (χ4n) is 4.95. The van der Waals surface area contributed by atoms with Crippen LogP contribution in [0.1, 0.15) is 94.7 Å². The van der Waals surface area contributed by atoms with E-state index in [4.69, 9.17) is 0 Å². The zero-order valence-electron chi connectivity index (χ0n) is 15.6. The van der Waals surface area contributed by atoms with Crippen molar-refractivity contribution in [2.75, 3.05) is 0 Å². The molecule has 2 aliphatic carbocycles. The Morgan fingerprint density at radius 3 is 2.43 bits per heavy atom. The van der Waals surface area contributed by atoms with Gasteiger partial charge in [-0.05, 0) is 91.7 Å². The number of aryl methyl sites for hydroxylation is 1. The predicted molar refractivity (Wildman–Crippen MR) is 101 cm³/mol. The van der Waals surface area contributed by atoms with Crippen LogP contribution in [0, 0.1) is 17.8 Å². The predicted octanol–water partition coefficient (Wildman–Crippen LogP) is 6.91. The van der Waals surface area contributed by atoms with Crippen LogP contribution in [0.3, 0.4) is 0 Å². The molecule has 1 fully saturated rings. The van der Waals surface area contributed by atoms with Crippen LogP contribution in [0.15, 0.2) is 18.2 Å². The van der Waals surface area contributed by atoms with Crippen molar-refractivity contribution in [1.82, 2.24) is 0 Å². The smallest absolute Gasteiger partial charge is 0.0162 e. The third kappa shape index (κ3) is 4.20. The maximum Gasteiger partial charge on any atom is -0.0162 e. The van der Waals surface area contributed by atoms with Gasteiger partial charge in [-0.25, -0.2) is 0 Å². The molecule has 23 heavy (non-hydrogen) atoms. The van der Waals surface area contributed by atoms with Gasteiger partial charge in [0.05, 0.1) is 0 Å². The van der Waals surface area contributed by atoms with Crippen molar-refractivity contribution >= 4 is 0 Å². The van der Waals surface area contributed by atoms with Crippen LogP contribution in [0.5, 0.6) is 0 Å². The van der Waals surface area contributed by atoms with Crippen molar-refractivity contribution in [1.29, 1.82) is 0 Å². The number of hydrogen-bond donors (Lipinski definition) is 0. The van der Waals surface area contributed by atoms with E-state index in [1.165, 1.54) is 64.2 Å². The highest BCUT2D eigenvalue weighted by Crippen LogP contribution is 2.39. The average molecular weight is 313 g/mol. The molecule has 0 amide bonds. The zero-order chi connectivity index (χ0) is 16.2. The first-order valence-corrected chi connectivity index (χ1v) is 10.3. The van der Waals surface area contributed by atoms with Crippen molar-refractivity contribution in [3.05, 3.63) is 34.9 Å². The standard InChI is InChI=1S/C23H36/c1-4-17(3)14-19-8-11-23-16-22(13-12-21(23)15-19)20-9-6-18(5-2)7-10-20/h12-13,16-20H,4-11,14-15H2,1-3H3. The third-order valence-corrected chi connectivity index (χ3v) is 6.89. The molecule has 128 valence electrons. The summed E-state index contributed by atoms with van der Waals surface area (Å²) in [4.78, 5) is 0. The first kappa shape index (κ1) is 17.1. The average Bonchev–Trinajstić information content (AvgIpc) is 2.61. The summed E-state index contributed by atoms with van der Waals surface area (Å²) in [6.45, 7) is 7.12. The monoisotopic (exact) mass is 312 g/mol. The second-order valence-electron chi connectivity index (χ2n) is 8.51. The number of rotatable bonds is 5. The van der Waals surface area contributed by atoms with Gasteiger partial charge in [0, 0.05) is 0 Å². The van der Waals surface area contributed by atoms with Crippen molar-refractivity contribution in [3.63, 3.8) is 0 Å². The second kappa shape index (κ2) is 7.86. The molecule has 3 rings (SSSR count). The molecule has 0 bridgehead atoms. The van der Waals surface area contributed by atoms with E-state index in [1.54, 1.807) is 16.7 Å². The molecule has 1 saturated carbocycles. The summed E-state index contributed by atoms with van der Waals surface area (Å²) in [6, 6.07) is 7.55. The molecule has 0 heteroatoms. The van der Waals surface area contributed by atoms with E-state index < -0.39 is 0 Å². The van der Waals surface area contributed by atoms with E-state index in [0.717, 1.165) is 23.7 Å². The molecule has 2 unspecified atom stereocenters. The van der Waals surface area contributed by atoms with Gasteiger partial charge in [0.25, 0.3) is 0 Å². The Balaban J connectivity index is 1.63. The molecule has 0 spiro atoms. The molecule has 0 radical (unpaired) electrons. The van der Waals surface area contributed by atoms with E-state index in [-0.39, 0.29) is 0 Å². The summed E-state index contributed by atoms with van der Waals surface area (Å²) < 4.78 is 0. The Bertz CT molecular complexity index is 493. The number of hydrogen-bond acceptors (Lipinski definition) is 0. The Morgan fingerprint density at radius 1 is 0.957 bits per heavy atom. The minimum atomic E-state index is 0.848. The first-order valence-electron chi connectivity index (χ1n) is 10.3. The topological polar surface area (TPSA) is 0 Å². The van der Waals surface area contributed by atoms with Crippen LogP contribution in [0.25, 0.3) is 0 Å². The molecule has 0 saturated heterocycles. The molecule has 2 atom stereocenters. The van der Waals surface area contributed by atoms with Crippen molar-refractivity contribution in [2.45, 2.75) is 90.9 Å². The van der Waals surface area contributed by atoms with Crippen LogP contribution >= 0.6 is 0 Å². The van der Waals surface area contributed by atoms with E-state index in [9.17, 15) is 0 Å². The highest BCUT2D eigenvalue weighted by atomic mass is 14.3. The highest BCUT2D eigenvalue weighted by Gasteiger charge is 2.24. The van der Waals surface area contributed by atoms with Crippen molar-refractivity contribution in [3.8, 4) is 0 Å². The lowest BCUT2D eigenvalue weighted by molar-refractivity contribution is 0.318. The lowest BCUT2D eigenvalue weighted by Gasteiger charge is -2.30. The lowest BCUT2D eigenvalue weighted by Crippen LogP contribution is -2.18. The van der Waals surface area contributed by atoms with E-state index in [0.29, 0.717) is 0 Å². The molecule has 0 nitrogen and oxygen atoms in total. The molecule has 1 aromatic carbocycles. The SMILES string of the molecule is CCC(C)CC1CCc2cc(C3CCC(CC)CC3)ccc2C1. The Hall–Kier alpha value is -0.780. The Morgan fingerprint density at radius 2 is 1.74 bits per heavy atom. The van der Waals surface area contributed by atoms with E-state index in [2.05, 4.69) is 39.0 Å². The van der Waals surface area contributed by atoms with Crippen LogP contribution < -0.4 is 0 Å². The molecule has 0 heterocycles. The maximum absolute atomic E-state index is 2.59. The summed E-state index contributed by atoms with van der Waals surface area (Å²) in [7, 11) is 0. The van der Waals surface area contributed by atoms with Crippen LogP contribution in [0.4, 0.5) is 0 Å². The molecular weight excluding hydrogens is 276 g/mol. The molecule has 0 aliphatic heterocycles. The second-order valence-corrected chi connectivity index (χ2v) is 8.51. The molecule has 0 N–H and O–H groups in total. The number of fused-ring (bicyclic) bond motifs is 1. The summed E-state index contributed by atoms with van der Waals surface area (Å²) in [5.74, 6) is 3.68. The van der Waals surface area contributed by atoms with Crippen molar-refractivity contribution < 1.29 is 0 Å². The zero-order valence-corrected chi connectivity index (χ0v) is 15.6. The highest BCUT2D eigenvalue weighted by molar-refractivity contribution is 5.36. The number of benzene rings is 1. The lowest BCUT2D eigenvalue weighted by atomic mass is 9.75. The fourth-order valence-corrected chi connectivity index (χ4v) is 4.95. The van der Waals surface area contributed by atoms with Gasteiger partial charge in [-0.15, -0.1) is 0 Å². The minimum absolute atomic E-state index is 0.848. The molecule has 1 aromatic rings. The third-order valence-electron chi connectivity index (χ3n) is 6.89. The van der Waals surface area contributed by atoms with Gasteiger partial charge in [0.2, 0.25) is 0 Å². The van der Waals surface area contributed by atoms with Gasteiger partial charge < -0.3 is 0 Å². The largest absolute Gasteiger partial charge is 0.0651 e. The maximum atomic E-state index is 2.59. The Labute approximate surface area is 144 Å². The van der Waals surface area contributed by atoms with Gasteiger partial charge in [0.1, 0.15) is 0 Å². The first-order chi connectivity index (χ1) is 11.2. The van der Waals surface area contributed by atoms with Gasteiger partial charge >= 0.3 is 0 Å². The summed E-state index contributed by atoms with van der Waals surface area (Å²) in [6.07, 6.45) is 14.0. The van der Waals surface area contributed by atoms with E-state index >= 15 is 0 Å². The normalized spacial score (nSPS) is 29.1.